The Bertz CT molecular complexity index is 583. The second-order valence-electron chi connectivity index (χ2n) is 4.91. The first kappa shape index (κ1) is 15.6. The third kappa shape index (κ3) is 3.85. The van der Waals surface area contributed by atoms with Crippen molar-refractivity contribution in [3.05, 3.63) is 68.7 Å². The van der Waals surface area contributed by atoms with Crippen LogP contribution in [0.5, 0.6) is 0 Å². The molecule has 0 aliphatic rings. The van der Waals surface area contributed by atoms with Gasteiger partial charge in [0.2, 0.25) is 0 Å². The maximum Gasteiger partial charge on any atom is 0.0438 e. The van der Waals surface area contributed by atoms with Crippen LogP contribution in [0.3, 0.4) is 0 Å². The highest BCUT2D eigenvalue weighted by Crippen LogP contribution is 2.27. The summed E-state index contributed by atoms with van der Waals surface area (Å²) in [6.45, 7) is 5.22. The van der Waals surface area contributed by atoms with Crippen molar-refractivity contribution in [2.24, 2.45) is 0 Å². The summed E-state index contributed by atoms with van der Waals surface area (Å²) in [5.41, 5.74) is 3.80. The smallest absolute Gasteiger partial charge is 0.0438 e. The first-order chi connectivity index (χ1) is 9.61. The van der Waals surface area contributed by atoms with E-state index in [1.807, 2.05) is 18.2 Å². The quantitative estimate of drug-likeness (QED) is 0.769. The minimum atomic E-state index is 0.285. The van der Waals surface area contributed by atoms with Crippen LogP contribution in [0.1, 0.15) is 29.7 Å². The highest BCUT2D eigenvalue weighted by atomic mass is 79.9. The molecule has 0 radical (unpaired) electrons. The molecule has 3 heteroatoms. The molecule has 0 aliphatic carbocycles. The maximum atomic E-state index is 6.29. The standard InChI is InChI=1S/C17H19BrClN/c1-3-20-17(11-13-6-4-5-7-16(13)19)15-9-8-14(18)10-12(15)2/h4-10,17,20H,3,11H2,1-2H3. The molecular formula is C17H19BrClN. The highest BCUT2D eigenvalue weighted by molar-refractivity contribution is 9.10. The molecule has 1 atom stereocenters. The molecule has 0 heterocycles. The fraction of sp³-hybridized carbons (Fsp3) is 0.294. The lowest BCUT2D eigenvalue weighted by Gasteiger charge is -2.21. The third-order valence-corrected chi connectivity index (χ3v) is 4.30. The Morgan fingerprint density at radius 1 is 1.20 bits per heavy atom. The molecule has 2 rings (SSSR count). The highest BCUT2D eigenvalue weighted by Gasteiger charge is 2.15. The predicted octanol–water partition coefficient (Wildman–Crippen LogP) is 5.30. The molecule has 0 fully saturated rings. The van der Waals surface area contributed by atoms with Gasteiger partial charge in [-0.15, -0.1) is 0 Å². The Kier molecular flexibility index (Phi) is 5.64. The Balaban J connectivity index is 2.29. The van der Waals surface area contributed by atoms with Gasteiger partial charge >= 0.3 is 0 Å². The maximum absolute atomic E-state index is 6.29. The third-order valence-electron chi connectivity index (χ3n) is 3.44. The van der Waals surface area contributed by atoms with E-state index < -0.39 is 0 Å². The van der Waals surface area contributed by atoms with Crippen molar-refractivity contribution in [3.8, 4) is 0 Å². The lowest BCUT2D eigenvalue weighted by molar-refractivity contribution is 0.547. The van der Waals surface area contributed by atoms with E-state index in [-0.39, 0.29) is 6.04 Å². The minimum Gasteiger partial charge on any atom is -0.310 e. The van der Waals surface area contributed by atoms with Crippen molar-refractivity contribution >= 4 is 27.5 Å². The van der Waals surface area contributed by atoms with Gasteiger partial charge in [-0.2, -0.15) is 0 Å². The Morgan fingerprint density at radius 2 is 1.95 bits per heavy atom. The van der Waals surface area contributed by atoms with Gasteiger partial charge in [-0.05, 0) is 54.8 Å². The van der Waals surface area contributed by atoms with E-state index in [9.17, 15) is 0 Å². The van der Waals surface area contributed by atoms with Crippen LogP contribution in [0.25, 0.3) is 0 Å². The number of nitrogens with one attached hydrogen (secondary N) is 1. The normalized spacial score (nSPS) is 12.4. The number of hydrogen-bond acceptors (Lipinski definition) is 1. The van der Waals surface area contributed by atoms with Crippen LogP contribution in [0.15, 0.2) is 46.9 Å². The molecule has 1 unspecified atom stereocenters. The zero-order chi connectivity index (χ0) is 14.5. The number of hydrogen-bond donors (Lipinski definition) is 1. The first-order valence-electron chi connectivity index (χ1n) is 6.84. The van der Waals surface area contributed by atoms with Gasteiger partial charge in [0.05, 0.1) is 0 Å². The Morgan fingerprint density at radius 3 is 2.60 bits per heavy atom. The van der Waals surface area contributed by atoms with Gasteiger partial charge in [-0.1, -0.05) is 58.7 Å². The fourth-order valence-corrected chi connectivity index (χ4v) is 3.14. The van der Waals surface area contributed by atoms with Gasteiger partial charge in [0.1, 0.15) is 0 Å². The van der Waals surface area contributed by atoms with Crippen molar-refractivity contribution in [2.45, 2.75) is 26.3 Å². The number of aryl methyl sites for hydroxylation is 1. The van der Waals surface area contributed by atoms with Crippen LogP contribution in [0, 0.1) is 6.92 Å². The largest absolute Gasteiger partial charge is 0.310 e. The molecule has 2 aromatic carbocycles. The van der Waals surface area contributed by atoms with Crippen molar-refractivity contribution in [3.63, 3.8) is 0 Å². The molecule has 0 bridgehead atoms. The molecule has 1 nitrogen and oxygen atoms in total. The molecule has 0 saturated carbocycles. The lowest BCUT2D eigenvalue weighted by Crippen LogP contribution is -2.23. The molecule has 2 aromatic rings. The van der Waals surface area contributed by atoms with Gasteiger partial charge < -0.3 is 5.32 Å². The zero-order valence-corrected chi connectivity index (χ0v) is 14.1. The monoisotopic (exact) mass is 351 g/mol. The minimum absolute atomic E-state index is 0.285. The number of halogens is 2. The van der Waals surface area contributed by atoms with E-state index in [1.54, 1.807) is 0 Å². The summed E-state index contributed by atoms with van der Waals surface area (Å²) in [5, 5.41) is 4.40. The topological polar surface area (TPSA) is 12.0 Å². The number of rotatable bonds is 5. The first-order valence-corrected chi connectivity index (χ1v) is 8.01. The van der Waals surface area contributed by atoms with Gasteiger partial charge in [0, 0.05) is 15.5 Å². The van der Waals surface area contributed by atoms with E-state index in [0.717, 1.165) is 22.5 Å². The SMILES string of the molecule is CCNC(Cc1ccccc1Cl)c1ccc(Br)cc1C. The van der Waals surface area contributed by atoms with Crippen LogP contribution in [-0.2, 0) is 6.42 Å². The number of likely N-dealkylation sites (N-methyl/N-ethyl adjacent to an activating group) is 1. The predicted molar refractivity (Wildman–Crippen MR) is 90.5 cm³/mol. The summed E-state index contributed by atoms with van der Waals surface area (Å²) in [6, 6.07) is 14.8. The molecule has 1 N–H and O–H groups in total. The van der Waals surface area contributed by atoms with E-state index in [0.29, 0.717) is 0 Å². The van der Waals surface area contributed by atoms with Crippen LogP contribution < -0.4 is 5.32 Å². The van der Waals surface area contributed by atoms with Crippen LogP contribution in [-0.4, -0.2) is 6.54 Å². The summed E-state index contributed by atoms with van der Waals surface area (Å²) in [6.07, 6.45) is 0.899. The average molecular weight is 353 g/mol. The Hall–Kier alpha value is -0.830. The van der Waals surface area contributed by atoms with E-state index in [2.05, 4.69) is 59.4 Å². The van der Waals surface area contributed by atoms with E-state index in [4.69, 9.17) is 11.6 Å². The molecule has 0 amide bonds. The molecule has 0 spiro atoms. The summed E-state index contributed by atoms with van der Waals surface area (Å²) < 4.78 is 1.12. The van der Waals surface area contributed by atoms with Crippen molar-refractivity contribution in [2.75, 3.05) is 6.54 Å². The van der Waals surface area contributed by atoms with Crippen LogP contribution in [0.4, 0.5) is 0 Å². The van der Waals surface area contributed by atoms with Crippen LogP contribution in [0.2, 0.25) is 5.02 Å². The average Bonchev–Trinajstić information content (AvgIpc) is 2.41. The second-order valence-corrected chi connectivity index (χ2v) is 6.23. The second kappa shape index (κ2) is 7.26. The summed E-state index contributed by atoms with van der Waals surface area (Å²) in [4.78, 5) is 0. The van der Waals surface area contributed by atoms with Gasteiger partial charge in [-0.3, -0.25) is 0 Å². The van der Waals surface area contributed by atoms with Crippen molar-refractivity contribution < 1.29 is 0 Å². The summed E-state index contributed by atoms with van der Waals surface area (Å²) in [5.74, 6) is 0. The zero-order valence-electron chi connectivity index (χ0n) is 11.8. The van der Waals surface area contributed by atoms with Crippen LogP contribution >= 0.6 is 27.5 Å². The van der Waals surface area contributed by atoms with Gasteiger partial charge in [0.25, 0.3) is 0 Å². The fourth-order valence-electron chi connectivity index (χ4n) is 2.45. The van der Waals surface area contributed by atoms with E-state index in [1.165, 1.54) is 16.7 Å². The van der Waals surface area contributed by atoms with Crippen molar-refractivity contribution in [1.82, 2.24) is 5.32 Å². The Labute approximate surface area is 134 Å². The molecule has 20 heavy (non-hydrogen) atoms. The summed E-state index contributed by atoms with van der Waals surface area (Å²) in [7, 11) is 0. The van der Waals surface area contributed by atoms with Crippen molar-refractivity contribution in [1.29, 1.82) is 0 Å². The molecular weight excluding hydrogens is 334 g/mol. The van der Waals surface area contributed by atoms with Gasteiger partial charge in [-0.25, -0.2) is 0 Å². The molecule has 0 aliphatic heterocycles. The van der Waals surface area contributed by atoms with E-state index >= 15 is 0 Å². The molecule has 0 aromatic heterocycles. The lowest BCUT2D eigenvalue weighted by atomic mass is 9.95. The molecule has 0 saturated heterocycles. The van der Waals surface area contributed by atoms with Gasteiger partial charge in [0.15, 0.2) is 0 Å². The molecule has 106 valence electrons. The number of benzene rings is 2. The summed E-state index contributed by atoms with van der Waals surface area (Å²) >= 11 is 9.81.